The molecule has 5 rings (SSSR count). The van der Waals surface area contributed by atoms with Gasteiger partial charge in [0, 0.05) is 4.90 Å². The van der Waals surface area contributed by atoms with E-state index in [9.17, 15) is 9.59 Å². The summed E-state index contributed by atoms with van der Waals surface area (Å²) in [5.41, 5.74) is 2.59. The molecule has 118 valence electrons. The van der Waals surface area contributed by atoms with E-state index < -0.39 is 12.1 Å². The number of amidine groups is 1. The second-order valence-corrected chi connectivity index (χ2v) is 7.10. The van der Waals surface area contributed by atoms with Crippen molar-refractivity contribution in [3.05, 3.63) is 54.1 Å². The van der Waals surface area contributed by atoms with Crippen molar-refractivity contribution in [1.82, 2.24) is 0 Å². The first kappa shape index (κ1) is 13.8. The van der Waals surface area contributed by atoms with Crippen LogP contribution in [0.4, 0.5) is 11.4 Å². The standard InChI is InChI=1S/C18H13N3O2S/c1-10-5-4-6-11(9-10)20-16(22)14-15(17(20)23)21-12-7-2-3-8-13(12)24-18(21)19-14/h2-9,14-15H,1H3. The van der Waals surface area contributed by atoms with Gasteiger partial charge in [-0.15, -0.1) is 0 Å². The summed E-state index contributed by atoms with van der Waals surface area (Å²) < 4.78 is 0. The van der Waals surface area contributed by atoms with Crippen molar-refractivity contribution < 1.29 is 9.59 Å². The Kier molecular flexibility index (Phi) is 2.71. The van der Waals surface area contributed by atoms with Crippen LogP contribution in [-0.2, 0) is 9.59 Å². The van der Waals surface area contributed by atoms with Crippen molar-refractivity contribution in [2.24, 2.45) is 4.99 Å². The van der Waals surface area contributed by atoms with E-state index in [0.29, 0.717) is 5.69 Å². The van der Waals surface area contributed by atoms with Crippen LogP contribution in [0, 0.1) is 6.92 Å². The van der Waals surface area contributed by atoms with E-state index in [4.69, 9.17) is 0 Å². The van der Waals surface area contributed by atoms with Crippen LogP contribution >= 0.6 is 11.8 Å². The van der Waals surface area contributed by atoms with Gasteiger partial charge in [0.15, 0.2) is 11.2 Å². The summed E-state index contributed by atoms with van der Waals surface area (Å²) in [6.45, 7) is 1.94. The maximum Gasteiger partial charge on any atom is 0.261 e. The van der Waals surface area contributed by atoms with Crippen molar-refractivity contribution in [2.75, 3.05) is 9.80 Å². The van der Waals surface area contributed by atoms with Gasteiger partial charge in [-0.05, 0) is 48.5 Å². The molecule has 0 spiro atoms. The summed E-state index contributed by atoms with van der Waals surface area (Å²) in [7, 11) is 0. The Labute approximate surface area is 143 Å². The van der Waals surface area contributed by atoms with E-state index in [1.54, 1.807) is 6.07 Å². The molecule has 24 heavy (non-hydrogen) atoms. The molecular weight excluding hydrogens is 322 g/mol. The van der Waals surface area contributed by atoms with Gasteiger partial charge in [0.2, 0.25) is 0 Å². The van der Waals surface area contributed by atoms with Gasteiger partial charge in [-0.3, -0.25) is 9.59 Å². The highest BCUT2D eigenvalue weighted by molar-refractivity contribution is 8.14. The third-order valence-electron chi connectivity index (χ3n) is 4.57. The molecule has 0 N–H and O–H groups in total. The maximum absolute atomic E-state index is 13.0. The molecule has 0 saturated carbocycles. The van der Waals surface area contributed by atoms with Gasteiger partial charge in [-0.25, -0.2) is 9.89 Å². The minimum absolute atomic E-state index is 0.202. The third-order valence-corrected chi connectivity index (χ3v) is 5.62. The van der Waals surface area contributed by atoms with Gasteiger partial charge < -0.3 is 4.90 Å². The predicted molar refractivity (Wildman–Crippen MR) is 93.5 cm³/mol. The number of fused-ring (bicyclic) bond motifs is 5. The smallest absolute Gasteiger partial charge is 0.261 e. The molecule has 2 amide bonds. The number of rotatable bonds is 1. The molecule has 0 aromatic heterocycles. The van der Waals surface area contributed by atoms with Crippen molar-refractivity contribution in [3.63, 3.8) is 0 Å². The highest BCUT2D eigenvalue weighted by Gasteiger charge is 2.57. The zero-order chi connectivity index (χ0) is 16.4. The summed E-state index contributed by atoms with van der Waals surface area (Å²) in [4.78, 5) is 34.7. The molecule has 2 aromatic rings. The molecule has 1 saturated heterocycles. The van der Waals surface area contributed by atoms with E-state index in [0.717, 1.165) is 21.3 Å². The summed E-state index contributed by atoms with van der Waals surface area (Å²) in [6, 6.07) is 14.1. The highest BCUT2D eigenvalue weighted by Crippen LogP contribution is 2.47. The molecular formula is C18H13N3O2S. The van der Waals surface area contributed by atoms with E-state index in [1.807, 2.05) is 54.3 Å². The highest BCUT2D eigenvalue weighted by atomic mass is 32.2. The Bertz CT molecular complexity index is 939. The Morgan fingerprint density at radius 1 is 1.04 bits per heavy atom. The molecule has 2 aromatic carbocycles. The number of carbonyl (C=O) groups excluding carboxylic acids is 2. The predicted octanol–water partition coefficient (Wildman–Crippen LogP) is 2.59. The van der Waals surface area contributed by atoms with Gasteiger partial charge in [-0.2, -0.15) is 0 Å². The third kappa shape index (κ3) is 1.69. The number of hydrogen-bond acceptors (Lipinski definition) is 5. The normalized spacial score (nSPS) is 24.1. The second-order valence-electron chi connectivity index (χ2n) is 6.09. The number of thioether (sulfide) groups is 1. The van der Waals surface area contributed by atoms with Crippen LogP contribution in [0.15, 0.2) is 58.4 Å². The number of amides is 2. The lowest BCUT2D eigenvalue weighted by Gasteiger charge is -2.21. The van der Waals surface area contributed by atoms with E-state index in [-0.39, 0.29) is 11.8 Å². The minimum atomic E-state index is -0.645. The van der Waals surface area contributed by atoms with Crippen molar-refractivity contribution in [2.45, 2.75) is 23.9 Å². The Balaban J connectivity index is 1.59. The quantitative estimate of drug-likeness (QED) is 0.752. The first-order chi connectivity index (χ1) is 11.6. The fourth-order valence-electron chi connectivity index (χ4n) is 3.51. The monoisotopic (exact) mass is 335 g/mol. The van der Waals surface area contributed by atoms with Crippen LogP contribution in [0.5, 0.6) is 0 Å². The topological polar surface area (TPSA) is 53.0 Å². The van der Waals surface area contributed by atoms with Crippen LogP contribution in [0.25, 0.3) is 0 Å². The Morgan fingerprint density at radius 2 is 1.88 bits per heavy atom. The molecule has 0 bridgehead atoms. The van der Waals surface area contributed by atoms with Crippen molar-refractivity contribution >= 4 is 40.1 Å². The number of hydrogen-bond donors (Lipinski definition) is 0. The number of imide groups is 1. The first-order valence-electron chi connectivity index (χ1n) is 7.73. The summed E-state index contributed by atoms with van der Waals surface area (Å²) >= 11 is 1.52. The molecule has 0 aliphatic carbocycles. The average molecular weight is 335 g/mol. The lowest BCUT2D eigenvalue weighted by molar-refractivity contribution is -0.121. The molecule has 2 unspecified atom stereocenters. The molecule has 1 fully saturated rings. The summed E-state index contributed by atoms with van der Waals surface area (Å²) in [5, 5.41) is 0.747. The van der Waals surface area contributed by atoms with Crippen LogP contribution in [0.1, 0.15) is 5.56 Å². The Morgan fingerprint density at radius 3 is 2.71 bits per heavy atom. The number of nitrogens with zero attached hydrogens (tertiary/aromatic N) is 3. The largest absolute Gasteiger partial charge is 0.304 e. The van der Waals surface area contributed by atoms with Gasteiger partial charge in [0.25, 0.3) is 11.8 Å². The lowest BCUT2D eigenvalue weighted by Crippen LogP contribution is -2.42. The van der Waals surface area contributed by atoms with Gasteiger partial charge >= 0.3 is 0 Å². The zero-order valence-electron chi connectivity index (χ0n) is 12.8. The minimum Gasteiger partial charge on any atom is -0.304 e. The molecule has 3 aliphatic heterocycles. The van der Waals surface area contributed by atoms with Crippen LogP contribution in [-0.4, -0.2) is 29.1 Å². The first-order valence-corrected chi connectivity index (χ1v) is 8.55. The SMILES string of the molecule is Cc1cccc(N2C(=O)C3N=C4Sc5ccccc5N4C3C2=O)c1. The van der Waals surface area contributed by atoms with Gasteiger partial charge in [-0.1, -0.05) is 24.3 Å². The molecule has 5 nitrogen and oxygen atoms in total. The van der Waals surface area contributed by atoms with Gasteiger partial charge in [0.1, 0.15) is 6.04 Å². The van der Waals surface area contributed by atoms with Crippen LogP contribution in [0.2, 0.25) is 0 Å². The van der Waals surface area contributed by atoms with E-state index in [2.05, 4.69) is 4.99 Å². The molecule has 3 heterocycles. The number of para-hydroxylation sites is 1. The van der Waals surface area contributed by atoms with E-state index >= 15 is 0 Å². The van der Waals surface area contributed by atoms with Crippen LogP contribution in [0.3, 0.4) is 0 Å². The lowest BCUT2D eigenvalue weighted by atomic mass is 10.1. The van der Waals surface area contributed by atoms with E-state index in [1.165, 1.54) is 16.7 Å². The molecule has 0 radical (unpaired) electrons. The van der Waals surface area contributed by atoms with Crippen LogP contribution < -0.4 is 9.80 Å². The maximum atomic E-state index is 13.0. The zero-order valence-corrected chi connectivity index (χ0v) is 13.7. The van der Waals surface area contributed by atoms with Gasteiger partial charge in [0.05, 0.1) is 11.4 Å². The average Bonchev–Trinajstić information content (AvgIpc) is 3.16. The number of carbonyl (C=O) groups is 2. The molecule has 6 heteroatoms. The number of benzene rings is 2. The molecule has 3 aliphatic rings. The van der Waals surface area contributed by atoms with Crippen molar-refractivity contribution in [1.29, 1.82) is 0 Å². The summed E-state index contributed by atoms with van der Waals surface area (Å²) in [6.07, 6.45) is 0. The number of aryl methyl sites for hydroxylation is 1. The fraction of sp³-hybridized carbons (Fsp3) is 0.167. The Hall–Kier alpha value is -2.60. The molecule has 2 atom stereocenters. The second kappa shape index (κ2) is 4.70. The van der Waals surface area contributed by atoms with Crippen molar-refractivity contribution in [3.8, 4) is 0 Å². The number of aliphatic imine (C=N–C) groups is 1. The fourth-order valence-corrected chi connectivity index (χ4v) is 4.60. The number of anilines is 2. The summed E-state index contributed by atoms with van der Waals surface area (Å²) in [5.74, 6) is -0.442.